The topological polar surface area (TPSA) is 52.3 Å². The molecule has 0 spiro atoms. The molecule has 3 heteroatoms. The molecule has 86 valence electrons. The fourth-order valence-electron chi connectivity index (χ4n) is 2.00. The highest BCUT2D eigenvalue weighted by atomic mass is 16.5. The van der Waals surface area contributed by atoms with Gasteiger partial charge in [-0.05, 0) is 36.5 Å². The first-order valence-corrected chi connectivity index (χ1v) is 5.71. The summed E-state index contributed by atoms with van der Waals surface area (Å²) in [5.74, 6) is 0.910. The predicted octanol–water partition coefficient (Wildman–Crippen LogP) is 2.41. The molecule has 0 unspecified atom stereocenters. The zero-order chi connectivity index (χ0) is 11.5. The largest absolute Gasteiger partial charge is 0.427 e. The van der Waals surface area contributed by atoms with Crippen LogP contribution in [0.5, 0.6) is 5.75 Å². The number of carbonyl (C=O) groups is 1. The molecule has 3 nitrogen and oxygen atoms in total. The zero-order valence-corrected chi connectivity index (χ0v) is 9.48. The van der Waals surface area contributed by atoms with Crippen molar-refractivity contribution in [3.05, 3.63) is 29.8 Å². The van der Waals surface area contributed by atoms with Gasteiger partial charge in [-0.15, -0.1) is 0 Å². The Bertz CT molecular complexity index is 368. The smallest absolute Gasteiger partial charge is 0.308 e. The van der Waals surface area contributed by atoms with Gasteiger partial charge in [0.15, 0.2) is 0 Å². The Hall–Kier alpha value is -1.35. The normalized spacial score (nSPS) is 17.6. The minimum Gasteiger partial charge on any atom is -0.427 e. The lowest BCUT2D eigenvalue weighted by atomic mass is 9.78. The number of hydrogen-bond acceptors (Lipinski definition) is 3. The van der Waals surface area contributed by atoms with Crippen LogP contribution in [0, 0.1) is 5.92 Å². The molecule has 0 aromatic heterocycles. The van der Waals surface area contributed by atoms with E-state index in [0.29, 0.717) is 11.7 Å². The van der Waals surface area contributed by atoms with Crippen molar-refractivity contribution in [2.45, 2.75) is 32.2 Å². The van der Waals surface area contributed by atoms with Crippen molar-refractivity contribution in [2.75, 3.05) is 0 Å². The van der Waals surface area contributed by atoms with Crippen molar-refractivity contribution in [3.63, 3.8) is 0 Å². The maximum absolute atomic E-state index is 10.7. The van der Waals surface area contributed by atoms with Crippen LogP contribution in [0.3, 0.4) is 0 Å². The summed E-state index contributed by atoms with van der Waals surface area (Å²) in [7, 11) is 0. The van der Waals surface area contributed by atoms with Crippen LogP contribution >= 0.6 is 0 Å². The van der Waals surface area contributed by atoms with E-state index in [1.165, 1.54) is 26.2 Å². The molecular weight excluding hydrogens is 202 g/mol. The zero-order valence-electron chi connectivity index (χ0n) is 9.48. The van der Waals surface area contributed by atoms with Gasteiger partial charge in [-0.2, -0.15) is 0 Å². The van der Waals surface area contributed by atoms with Crippen LogP contribution < -0.4 is 10.5 Å². The SMILES string of the molecule is CC(=O)Oc1ccc([C@@H](N)C2CCC2)cc1. The molecule has 1 saturated carbocycles. The van der Waals surface area contributed by atoms with Gasteiger partial charge in [-0.1, -0.05) is 18.6 Å². The van der Waals surface area contributed by atoms with Crippen molar-refractivity contribution < 1.29 is 9.53 Å². The van der Waals surface area contributed by atoms with E-state index in [2.05, 4.69) is 0 Å². The highest BCUT2D eigenvalue weighted by molar-refractivity contribution is 5.69. The fourth-order valence-corrected chi connectivity index (χ4v) is 2.00. The molecule has 2 rings (SSSR count). The van der Waals surface area contributed by atoms with Crippen LogP contribution in [-0.4, -0.2) is 5.97 Å². The highest BCUT2D eigenvalue weighted by Gasteiger charge is 2.25. The second kappa shape index (κ2) is 4.66. The van der Waals surface area contributed by atoms with Gasteiger partial charge in [-0.3, -0.25) is 4.79 Å². The molecule has 1 aliphatic carbocycles. The van der Waals surface area contributed by atoms with Crippen LogP contribution in [0.15, 0.2) is 24.3 Å². The molecule has 0 amide bonds. The van der Waals surface area contributed by atoms with Gasteiger partial charge in [0, 0.05) is 13.0 Å². The number of ether oxygens (including phenoxy) is 1. The summed E-state index contributed by atoms with van der Waals surface area (Å²) in [5, 5.41) is 0. The molecule has 0 radical (unpaired) electrons. The molecule has 0 heterocycles. The number of hydrogen-bond donors (Lipinski definition) is 1. The number of nitrogens with two attached hydrogens (primary N) is 1. The first kappa shape index (κ1) is 11.1. The summed E-state index contributed by atoms with van der Waals surface area (Å²) in [6.45, 7) is 1.40. The third-order valence-corrected chi connectivity index (χ3v) is 3.18. The summed E-state index contributed by atoms with van der Waals surface area (Å²) in [6, 6.07) is 7.62. The van der Waals surface area contributed by atoms with Crippen LogP contribution in [0.1, 0.15) is 37.8 Å². The summed E-state index contributed by atoms with van der Waals surface area (Å²) >= 11 is 0. The lowest BCUT2D eigenvalue weighted by Crippen LogP contribution is -2.26. The van der Waals surface area contributed by atoms with Crippen molar-refractivity contribution in [3.8, 4) is 5.75 Å². The third kappa shape index (κ3) is 2.42. The molecule has 16 heavy (non-hydrogen) atoms. The average molecular weight is 219 g/mol. The van der Waals surface area contributed by atoms with E-state index in [4.69, 9.17) is 10.5 Å². The Balaban J connectivity index is 2.03. The minimum atomic E-state index is -0.295. The van der Waals surface area contributed by atoms with E-state index >= 15 is 0 Å². The van der Waals surface area contributed by atoms with Gasteiger partial charge in [0.1, 0.15) is 5.75 Å². The lowest BCUT2D eigenvalue weighted by molar-refractivity contribution is -0.131. The van der Waals surface area contributed by atoms with Gasteiger partial charge in [0.2, 0.25) is 0 Å². The van der Waals surface area contributed by atoms with Gasteiger partial charge in [0.25, 0.3) is 0 Å². The second-order valence-corrected chi connectivity index (χ2v) is 4.38. The summed E-state index contributed by atoms with van der Waals surface area (Å²) < 4.78 is 4.97. The maximum atomic E-state index is 10.7. The number of rotatable bonds is 3. The van der Waals surface area contributed by atoms with Gasteiger partial charge in [0.05, 0.1) is 0 Å². The lowest BCUT2D eigenvalue weighted by Gasteiger charge is -2.31. The number of carbonyl (C=O) groups excluding carboxylic acids is 1. The third-order valence-electron chi connectivity index (χ3n) is 3.18. The maximum Gasteiger partial charge on any atom is 0.308 e. The van der Waals surface area contributed by atoms with Crippen LogP contribution in [0.25, 0.3) is 0 Å². The molecule has 1 aromatic carbocycles. The Morgan fingerprint density at radius 3 is 2.44 bits per heavy atom. The van der Waals surface area contributed by atoms with E-state index in [1.54, 1.807) is 12.1 Å². The van der Waals surface area contributed by atoms with E-state index in [0.717, 1.165) is 5.56 Å². The summed E-state index contributed by atoms with van der Waals surface area (Å²) in [5.41, 5.74) is 7.27. The van der Waals surface area contributed by atoms with Crippen molar-refractivity contribution in [2.24, 2.45) is 11.7 Å². The summed E-state index contributed by atoms with van der Waals surface area (Å²) in [4.78, 5) is 10.7. The molecule has 1 fully saturated rings. The number of benzene rings is 1. The van der Waals surface area contributed by atoms with Gasteiger partial charge in [-0.25, -0.2) is 0 Å². The average Bonchev–Trinajstić information content (AvgIpc) is 2.15. The Morgan fingerprint density at radius 2 is 2.00 bits per heavy atom. The van der Waals surface area contributed by atoms with Crippen LogP contribution in [0.2, 0.25) is 0 Å². The van der Waals surface area contributed by atoms with Crippen molar-refractivity contribution in [1.82, 2.24) is 0 Å². The van der Waals surface area contributed by atoms with E-state index in [9.17, 15) is 4.79 Å². The Labute approximate surface area is 95.6 Å². The quantitative estimate of drug-likeness (QED) is 0.627. The molecule has 0 saturated heterocycles. The molecule has 0 aliphatic heterocycles. The van der Waals surface area contributed by atoms with Crippen LogP contribution in [0.4, 0.5) is 0 Å². The minimum absolute atomic E-state index is 0.125. The molecule has 2 N–H and O–H groups in total. The van der Waals surface area contributed by atoms with E-state index in [-0.39, 0.29) is 12.0 Å². The predicted molar refractivity (Wildman–Crippen MR) is 62.0 cm³/mol. The van der Waals surface area contributed by atoms with Gasteiger partial charge < -0.3 is 10.5 Å². The first-order chi connectivity index (χ1) is 7.66. The monoisotopic (exact) mass is 219 g/mol. The van der Waals surface area contributed by atoms with Crippen molar-refractivity contribution >= 4 is 5.97 Å². The van der Waals surface area contributed by atoms with Crippen LogP contribution in [-0.2, 0) is 4.79 Å². The Morgan fingerprint density at radius 1 is 1.38 bits per heavy atom. The molecule has 1 aromatic rings. The molecular formula is C13H17NO2. The highest BCUT2D eigenvalue weighted by Crippen LogP contribution is 2.36. The molecule has 1 atom stereocenters. The second-order valence-electron chi connectivity index (χ2n) is 4.38. The van der Waals surface area contributed by atoms with Crippen molar-refractivity contribution in [1.29, 1.82) is 0 Å². The fraction of sp³-hybridized carbons (Fsp3) is 0.462. The van der Waals surface area contributed by atoms with E-state index in [1.807, 2.05) is 12.1 Å². The van der Waals surface area contributed by atoms with E-state index < -0.39 is 0 Å². The molecule has 1 aliphatic rings. The Kier molecular flexibility index (Phi) is 3.25. The summed E-state index contributed by atoms with van der Waals surface area (Å²) in [6.07, 6.45) is 3.75. The van der Waals surface area contributed by atoms with Gasteiger partial charge >= 0.3 is 5.97 Å². The molecule has 0 bridgehead atoms. The first-order valence-electron chi connectivity index (χ1n) is 5.71. The standard InChI is InChI=1S/C13H17NO2/c1-9(15)16-12-7-5-11(6-8-12)13(14)10-3-2-4-10/h5-8,10,13H,2-4,14H2,1H3/t13-/m0/s1. The number of esters is 1.